The van der Waals surface area contributed by atoms with Crippen LogP contribution in [0.3, 0.4) is 0 Å². The van der Waals surface area contributed by atoms with Crippen molar-refractivity contribution in [3.63, 3.8) is 0 Å². The Kier molecular flexibility index (Phi) is 3.97. The number of benzene rings is 1. The van der Waals surface area contributed by atoms with Crippen molar-refractivity contribution in [3.05, 3.63) is 30.3 Å². The molecule has 8 heteroatoms. The van der Waals surface area contributed by atoms with Crippen LogP contribution in [0, 0.1) is 0 Å². The summed E-state index contributed by atoms with van der Waals surface area (Å²) in [6.07, 6.45) is -5.58. The van der Waals surface area contributed by atoms with Gasteiger partial charge >= 0.3 is 12.1 Å². The molecule has 1 aliphatic heterocycles. The van der Waals surface area contributed by atoms with E-state index in [-0.39, 0.29) is 17.7 Å². The fourth-order valence-electron chi connectivity index (χ4n) is 2.07. The normalized spacial score (nSPS) is 18.7. The van der Waals surface area contributed by atoms with Gasteiger partial charge in [0.1, 0.15) is 6.04 Å². The van der Waals surface area contributed by atoms with E-state index in [0.29, 0.717) is 5.69 Å². The lowest BCUT2D eigenvalue weighted by Gasteiger charge is -2.23. The van der Waals surface area contributed by atoms with Crippen molar-refractivity contribution < 1.29 is 27.6 Å². The molecular weight excluding hydrogens is 289 g/mol. The van der Waals surface area contributed by atoms with Gasteiger partial charge in [-0.15, -0.1) is 0 Å². The molecule has 1 unspecified atom stereocenters. The monoisotopic (exact) mass is 300 g/mol. The predicted octanol–water partition coefficient (Wildman–Crippen LogP) is 1.71. The molecule has 1 aliphatic rings. The summed E-state index contributed by atoms with van der Waals surface area (Å²) in [5.41, 5.74) is 0.376. The van der Waals surface area contributed by atoms with Crippen LogP contribution in [0.1, 0.15) is 12.8 Å². The fourth-order valence-corrected chi connectivity index (χ4v) is 2.07. The number of likely N-dealkylation sites (tertiary alicyclic amines) is 1. The van der Waals surface area contributed by atoms with Gasteiger partial charge < -0.3 is 5.32 Å². The van der Waals surface area contributed by atoms with Crippen molar-refractivity contribution in [1.29, 1.82) is 0 Å². The van der Waals surface area contributed by atoms with Gasteiger partial charge in [-0.2, -0.15) is 13.2 Å². The highest BCUT2D eigenvalue weighted by molar-refractivity contribution is 6.07. The molecule has 1 N–H and O–H groups in total. The maximum atomic E-state index is 12.5. The van der Waals surface area contributed by atoms with Crippen LogP contribution in [0.4, 0.5) is 18.9 Å². The summed E-state index contributed by atoms with van der Waals surface area (Å²) in [5, 5.41) is 2.39. The van der Waals surface area contributed by atoms with Gasteiger partial charge in [-0.25, -0.2) is 0 Å². The third-order valence-electron chi connectivity index (χ3n) is 3.02. The quantitative estimate of drug-likeness (QED) is 0.904. The van der Waals surface area contributed by atoms with Gasteiger partial charge in [-0.1, -0.05) is 18.2 Å². The number of imide groups is 1. The maximum Gasteiger partial charge on any atom is 0.471 e. The molecule has 0 aromatic heterocycles. The van der Waals surface area contributed by atoms with Gasteiger partial charge in [0, 0.05) is 12.1 Å². The molecule has 2 rings (SSSR count). The van der Waals surface area contributed by atoms with Crippen LogP contribution in [0.5, 0.6) is 0 Å². The summed E-state index contributed by atoms with van der Waals surface area (Å²) < 4.78 is 37.4. The lowest BCUT2D eigenvalue weighted by molar-refractivity contribution is -0.188. The number of anilines is 1. The molecular formula is C13H11F3N2O3. The average Bonchev–Trinajstić information content (AvgIpc) is 2.79. The van der Waals surface area contributed by atoms with Crippen LogP contribution in [0.2, 0.25) is 0 Å². The molecule has 1 aromatic rings. The zero-order valence-corrected chi connectivity index (χ0v) is 10.7. The number of nitrogens with zero attached hydrogens (tertiary/aromatic N) is 1. The molecule has 21 heavy (non-hydrogen) atoms. The summed E-state index contributed by atoms with van der Waals surface area (Å²) in [6, 6.07) is 6.62. The van der Waals surface area contributed by atoms with Gasteiger partial charge in [-0.3, -0.25) is 19.3 Å². The van der Waals surface area contributed by atoms with E-state index in [1.807, 2.05) is 0 Å². The Morgan fingerprint density at radius 1 is 1.19 bits per heavy atom. The Labute approximate surface area is 117 Å². The molecule has 0 bridgehead atoms. The lowest BCUT2D eigenvalue weighted by atomic mass is 10.2. The Balaban J connectivity index is 2.16. The minimum absolute atomic E-state index is 0.00171. The molecule has 112 valence electrons. The molecule has 0 radical (unpaired) electrons. The van der Waals surface area contributed by atoms with E-state index in [9.17, 15) is 27.6 Å². The molecule has 1 saturated heterocycles. The van der Waals surface area contributed by atoms with Crippen molar-refractivity contribution >= 4 is 23.4 Å². The van der Waals surface area contributed by atoms with Crippen molar-refractivity contribution in [2.45, 2.75) is 25.1 Å². The zero-order chi connectivity index (χ0) is 15.6. The second-order valence-corrected chi connectivity index (χ2v) is 4.48. The van der Waals surface area contributed by atoms with Gasteiger partial charge in [0.05, 0.1) is 0 Å². The van der Waals surface area contributed by atoms with E-state index in [1.54, 1.807) is 30.3 Å². The van der Waals surface area contributed by atoms with Crippen molar-refractivity contribution in [1.82, 2.24) is 4.90 Å². The molecule has 0 saturated carbocycles. The highest BCUT2D eigenvalue weighted by Gasteiger charge is 2.51. The largest absolute Gasteiger partial charge is 0.471 e. The Bertz CT molecular complexity index is 572. The van der Waals surface area contributed by atoms with E-state index < -0.39 is 29.9 Å². The van der Waals surface area contributed by atoms with E-state index in [0.717, 1.165) is 0 Å². The Morgan fingerprint density at radius 3 is 2.38 bits per heavy atom. The first-order valence-corrected chi connectivity index (χ1v) is 6.10. The topological polar surface area (TPSA) is 66.5 Å². The van der Waals surface area contributed by atoms with E-state index in [1.165, 1.54) is 0 Å². The molecule has 5 nitrogen and oxygen atoms in total. The average molecular weight is 300 g/mol. The second kappa shape index (κ2) is 5.55. The SMILES string of the molecule is O=C(Nc1ccccc1)C1CCC(=O)N1C(=O)C(F)(F)F. The highest BCUT2D eigenvalue weighted by atomic mass is 19.4. The number of halogens is 3. The molecule has 1 atom stereocenters. The zero-order valence-electron chi connectivity index (χ0n) is 10.7. The van der Waals surface area contributed by atoms with Crippen LogP contribution in [0.15, 0.2) is 30.3 Å². The Morgan fingerprint density at radius 2 is 1.81 bits per heavy atom. The molecule has 0 spiro atoms. The standard InChI is InChI=1S/C13H11F3N2O3/c14-13(15,16)12(21)18-9(6-7-10(18)19)11(20)17-8-4-2-1-3-5-8/h1-5,9H,6-7H2,(H,17,20). The number of nitrogens with one attached hydrogen (secondary N) is 1. The first kappa shape index (κ1) is 15.0. The number of amides is 3. The minimum atomic E-state index is -5.19. The predicted molar refractivity (Wildman–Crippen MR) is 66.0 cm³/mol. The van der Waals surface area contributed by atoms with Gasteiger partial charge in [0.15, 0.2) is 0 Å². The van der Waals surface area contributed by atoms with Crippen molar-refractivity contribution in [2.75, 3.05) is 5.32 Å². The number of hydrogen-bond acceptors (Lipinski definition) is 3. The molecule has 0 aliphatic carbocycles. The van der Waals surface area contributed by atoms with Crippen LogP contribution < -0.4 is 5.32 Å². The Hall–Kier alpha value is -2.38. The van der Waals surface area contributed by atoms with E-state index in [4.69, 9.17) is 0 Å². The van der Waals surface area contributed by atoms with Crippen molar-refractivity contribution in [3.8, 4) is 0 Å². The number of para-hydroxylation sites is 1. The minimum Gasteiger partial charge on any atom is -0.324 e. The third-order valence-corrected chi connectivity index (χ3v) is 3.02. The van der Waals surface area contributed by atoms with Crippen LogP contribution in [-0.2, 0) is 14.4 Å². The summed E-state index contributed by atoms with van der Waals surface area (Å²) >= 11 is 0. The summed E-state index contributed by atoms with van der Waals surface area (Å²) in [7, 11) is 0. The van der Waals surface area contributed by atoms with Gasteiger partial charge in [-0.05, 0) is 18.6 Å². The number of alkyl halides is 3. The van der Waals surface area contributed by atoms with Crippen LogP contribution >= 0.6 is 0 Å². The van der Waals surface area contributed by atoms with Gasteiger partial charge in [0.2, 0.25) is 11.8 Å². The first-order chi connectivity index (χ1) is 9.80. The summed E-state index contributed by atoms with van der Waals surface area (Å²) in [4.78, 5) is 34.7. The van der Waals surface area contributed by atoms with Crippen LogP contribution in [-0.4, -0.2) is 34.8 Å². The second-order valence-electron chi connectivity index (χ2n) is 4.48. The van der Waals surface area contributed by atoms with E-state index >= 15 is 0 Å². The van der Waals surface area contributed by atoms with Crippen LogP contribution in [0.25, 0.3) is 0 Å². The number of rotatable bonds is 2. The highest BCUT2D eigenvalue weighted by Crippen LogP contribution is 2.27. The first-order valence-electron chi connectivity index (χ1n) is 6.10. The summed E-state index contributed by atoms with van der Waals surface area (Å²) in [5.74, 6) is -4.12. The lowest BCUT2D eigenvalue weighted by Crippen LogP contribution is -2.50. The third kappa shape index (κ3) is 3.21. The van der Waals surface area contributed by atoms with Crippen molar-refractivity contribution in [2.24, 2.45) is 0 Å². The number of carbonyl (C=O) groups is 3. The fraction of sp³-hybridized carbons (Fsp3) is 0.308. The van der Waals surface area contributed by atoms with Gasteiger partial charge in [0.25, 0.3) is 0 Å². The molecule has 3 amide bonds. The number of hydrogen-bond donors (Lipinski definition) is 1. The number of carbonyl (C=O) groups excluding carboxylic acids is 3. The van der Waals surface area contributed by atoms with E-state index in [2.05, 4.69) is 5.32 Å². The maximum absolute atomic E-state index is 12.5. The molecule has 1 aromatic carbocycles. The molecule has 1 heterocycles. The summed E-state index contributed by atoms with van der Waals surface area (Å²) in [6.45, 7) is 0. The molecule has 1 fully saturated rings. The smallest absolute Gasteiger partial charge is 0.324 e.